The van der Waals surface area contributed by atoms with Gasteiger partial charge in [0.15, 0.2) is 0 Å². The van der Waals surface area contributed by atoms with Gasteiger partial charge in [0.1, 0.15) is 5.78 Å². The summed E-state index contributed by atoms with van der Waals surface area (Å²) < 4.78 is 11.5. The number of benzene rings is 1. The number of fused-ring (bicyclic) bond motifs is 1. The van der Waals surface area contributed by atoms with E-state index in [1.807, 2.05) is 0 Å². The van der Waals surface area contributed by atoms with Crippen molar-refractivity contribution in [2.24, 2.45) is 0 Å². The lowest BCUT2D eigenvalue weighted by Crippen LogP contribution is -2.33. The van der Waals surface area contributed by atoms with Crippen LogP contribution in [0.25, 0.3) is 11.0 Å². The molecular weight excluding hydrogens is 424 g/mol. The van der Waals surface area contributed by atoms with Gasteiger partial charge in [-0.2, -0.15) is 0 Å². The maximum absolute atomic E-state index is 11.5. The Morgan fingerprint density at radius 3 is 2.38 bits per heavy atom. The van der Waals surface area contributed by atoms with Crippen molar-refractivity contribution < 1.29 is 14.4 Å². The second-order valence-electron chi connectivity index (χ2n) is 5.18. The van der Waals surface area contributed by atoms with Crippen molar-refractivity contribution in [1.29, 1.82) is 0 Å². The molecule has 1 aromatic heterocycles. The van der Waals surface area contributed by atoms with E-state index in [1.165, 1.54) is 13.0 Å². The predicted molar refractivity (Wildman–Crippen MR) is 98.1 cm³/mol. The molecule has 0 spiro atoms. The summed E-state index contributed by atoms with van der Waals surface area (Å²) >= 11 is 6.03. The van der Waals surface area contributed by atoms with Gasteiger partial charge in [-0.1, -0.05) is 18.5 Å². The molecule has 0 radical (unpaired) electrons. The summed E-state index contributed by atoms with van der Waals surface area (Å²) in [7, 11) is -4.29. The Morgan fingerprint density at radius 1 is 1.25 bits per heavy atom. The lowest BCUT2D eigenvalue weighted by atomic mass is 10.1. The number of nitrogens with zero attached hydrogens (tertiary/aromatic N) is 1. The topological polar surface area (TPSA) is 126 Å². The van der Waals surface area contributed by atoms with E-state index >= 15 is 0 Å². The monoisotopic (exact) mass is 441 g/mol. The standard InChI is InChI=1S/C13H17ClN3O5P.BrH/c1-3-17(7(2)23(20,21)22)6-8-4-9(14)5-10-11(8)16-13(19)12(18)15-10;/h4-5,7H,3,6H2,1-2H3,(H,15,18)(H,16,19)(H2,20,21,22);1H. The molecule has 0 fully saturated rings. The van der Waals surface area contributed by atoms with E-state index in [0.29, 0.717) is 28.2 Å². The van der Waals surface area contributed by atoms with Crippen molar-refractivity contribution in [3.8, 4) is 0 Å². The quantitative estimate of drug-likeness (QED) is 0.413. The third kappa shape index (κ3) is 4.56. The number of nitrogens with one attached hydrogen (secondary N) is 2. The molecule has 8 nitrogen and oxygen atoms in total. The number of hydrogen-bond donors (Lipinski definition) is 4. The summed E-state index contributed by atoms with van der Waals surface area (Å²) in [6, 6.07) is 3.09. The molecule has 2 aromatic rings. The van der Waals surface area contributed by atoms with Gasteiger partial charge in [-0.25, -0.2) is 0 Å². The molecule has 0 amide bonds. The first-order chi connectivity index (χ1) is 10.6. The molecule has 0 bridgehead atoms. The summed E-state index contributed by atoms with van der Waals surface area (Å²) in [5.74, 6) is -0.990. The number of aromatic nitrogens is 2. The predicted octanol–water partition coefficient (Wildman–Crippen LogP) is 1.79. The average Bonchev–Trinajstić information content (AvgIpc) is 2.44. The maximum atomic E-state index is 11.5. The Hall–Kier alpha value is -0.960. The van der Waals surface area contributed by atoms with Crippen LogP contribution in [0, 0.1) is 0 Å². The fourth-order valence-electron chi connectivity index (χ4n) is 2.32. The van der Waals surface area contributed by atoms with E-state index in [9.17, 15) is 23.9 Å². The highest BCUT2D eigenvalue weighted by molar-refractivity contribution is 8.93. The second-order valence-corrected chi connectivity index (χ2v) is 7.54. The maximum Gasteiger partial charge on any atom is 0.342 e. The third-order valence-corrected chi connectivity index (χ3v) is 5.19. The second kappa shape index (κ2) is 7.95. The highest BCUT2D eigenvalue weighted by Gasteiger charge is 2.29. The van der Waals surface area contributed by atoms with Gasteiger partial charge in [0.2, 0.25) is 0 Å². The molecule has 0 aliphatic rings. The molecule has 1 heterocycles. The summed E-state index contributed by atoms with van der Waals surface area (Å²) in [5, 5.41) is 0.343. The van der Waals surface area contributed by atoms with Crippen LogP contribution in [0.3, 0.4) is 0 Å². The molecule has 134 valence electrons. The minimum absolute atomic E-state index is 0. The van der Waals surface area contributed by atoms with Crippen LogP contribution in [0.1, 0.15) is 19.4 Å². The van der Waals surface area contributed by atoms with Crippen LogP contribution in [-0.2, 0) is 11.1 Å². The number of rotatable bonds is 5. The van der Waals surface area contributed by atoms with E-state index in [-0.39, 0.29) is 23.5 Å². The van der Waals surface area contributed by atoms with Crippen LogP contribution >= 0.6 is 36.2 Å². The molecule has 1 unspecified atom stereocenters. The van der Waals surface area contributed by atoms with Crippen molar-refractivity contribution in [3.05, 3.63) is 43.4 Å². The van der Waals surface area contributed by atoms with Gasteiger partial charge < -0.3 is 19.8 Å². The Labute approximate surface area is 152 Å². The van der Waals surface area contributed by atoms with Crippen molar-refractivity contribution in [3.63, 3.8) is 0 Å². The van der Waals surface area contributed by atoms with Crippen LogP contribution < -0.4 is 11.1 Å². The molecule has 11 heteroatoms. The highest BCUT2D eigenvalue weighted by Crippen LogP contribution is 2.43. The van der Waals surface area contributed by atoms with E-state index < -0.39 is 24.5 Å². The van der Waals surface area contributed by atoms with Gasteiger partial charge in [0, 0.05) is 11.6 Å². The van der Waals surface area contributed by atoms with Crippen LogP contribution in [0.2, 0.25) is 5.02 Å². The van der Waals surface area contributed by atoms with Gasteiger partial charge in [-0.3, -0.25) is 19.1 Å². The number of hydrogen-bond acceptors (Lipinski definition) is 4. The van der Waals surface area contributed by atoms with E-state index in [4.69, 9.17) is 11.6 Å². The first-order valence-corrected chi connectivity index (χ1v) is 8.93. The van der Waals surface area contributed by atoms with Crippen molar-refractivity contribution in [1.82, 2.24) is 14.9 Å². The molecule has 4 N–H and O–H groups in total. The lowest BCUT2D eigenvalue weighted by molar-refractivity contribution is 0.226. The molecule has 0 saturated heterocycles. The number of aromatic amines is 2. The third-order valence-electron chi connectivity index (χ3n) is 3.67. The zero-order chi connectivity index (χ0) is 17.4. The summed E-state index contributed by atoms with van der Waals surface area (Å²) in [5.41, 5.74) is -0.288. The average molecular weight is 443 g/mol. The summed E-state index contributed by atoms with van der Waals surface area (Å²) in [6.07, 6.45) is 0. The molecule has 0 aliphatic carbocycles. The van der Waals surface area contributed by atoms with E-state index in [0.717, 1.165) is 0 Å². The zero-order valence-electron chi connectivity index (χ0n) is 12.9. The normalized spacial score (nSPS) is 13.1. The Morgan fingerprint density at radius 2 is 1.83 bits per heavy atom. The van der Waals surface area contributed by atoms with Gasteiger partial charge >= 0.3 is 18.7 Å². The van der Waals surface area contributed by atoms with Gasteiger partial charge in [-0.05, 0) is 31.2 Å². The fraction of sp³-hybridized carbons (Fsp3) is 0.385. The first kappa shape index (κ1) is 21.1. The largest absolute Gasteiger partial charge is 0.342 e. The molecular formula is C13H18BrClN3O5P. The minimum atomic E-state index is -4.29. The van der Waals surface area contributed by atoms with E-state index in [2.05, 4.69) is 9.97 Å². The van der Waals surface area contributed by atoms with E-state index in [1.54, 1.807) is 17.9 Å². The van der Waals surface area contributed by atoms with Gasteiger partial charge in [0.25, 0.3) is 0 Å². The van der Waals surface area contributed by atoms with Crippen LogP contribution in [0.15, 0.2) is 21.7 Å². The fourth-order valence-corrected chi connectivity index (χ4v) is 3.23. The van der Waals surface area contributed by atoms with Crippen molar-refractivity contribution >= 4 is 47.2 Å². The highest BCUT2D eigenvalue weighted by atomic mass is 79.9. The Bertz CT molecular complexity index is 893. The molecule has 1 aromatic carbocycles. The minimum Gasteiger partial charge on any atom is -0.323 e. The molecule has 2 rings (SSSR count). The van der Waals surface area contributed by atoms with Crippen molar-refractivity contribution in [2.45, 2.75) is 26.2 Å². The van der Waals surface area contributed by atoms with Crippen LogP contribution in [-0.4, -0.2) is 37.0 Å². The SMILES string of the molecule is Br.CCN(Cc1cc(Cl)cc2[nH]c(=O)c(=O)[nH]c12)C(C)P(=O)(O)O. The Kier molecular flexibility index (Phi) is 6.98. The molecule has 24 heavy (non-hydrogen) atoms. The summed E-state index contributed by atoms with van der Waals surface area (Å²) in [6.45, 7) is 3.74. The Balaban J connectivity index is 0.00000288. The zero-order valence-corrected chi connectivity index (χ0v) is 16.3. The lowest BCUT2D eigenvalue weighted by Gasteiger charge is -2.28. The van der Waals surface area contributed by atoms with Gasteiger partial charge in [0.05, 0.1) is 11.0 Å². The van der Waals surface area contributed by atoms with Gasteiger partial charge in [-0.15, -0.1) is 17.0 Å². The smallest absolute Gasteiger partial charge is 0.323 e. The van der Waals surface area contributed by atoms with Crippen molar-refractivity contribution in [2.75, 3.05) is 6.54 Å². The number of H-pyrrole nitrogens is 2. The molecule has 0 saturated carbocycles. The van der Waals surface area contributed by atoms with Crippen LogP contribution in [0.5, 0.6) is 0 Å². The molecule has 0 aliphatic heterocycles. The number of halogens is 2. The summed E-state index contributed by atoms with van der Waals surface area (Å²) in [4.78, 5) is 48.2. The molecule has 1 atom stereocenters. The first-order valence-electron chi connectivity index (χ1n) is 6.87. The van der Waals surface area contributed by atoms with Crippen LogP contribution in [0.4, 0.5) is 0 Å².